The van der Waals surface area contributed by atoms with E-state index in [2.05, 4.69) is 22.2 Å². The number of piperidine rings is 1. The van der Waals surface area contributed by atoms with Gasteiger partial charge in [0.15, 0.2) is 0 Å². The summed E-state index contributed by atoms with van der Waals surface area (Å²) in [5.41, 5.74) is 0.222. The smallest absolute Gasteiger partial charge is 0.337 e. The number of rotatable bonds is 4. The van der Waals surface area contributed by atoms with Crippen molar-refractivity contribution in [3.05, 3.63) is 23.9 Å². The Morgan fingerprint density at radius 1 is 1.50 bits per heavy atom. The van der Waals surface area contributed by atoms with Crippen molar-refractivity contribution in [2.75, 3.05) is 32.0 Å². The van der Waals surface area contributed by atoms with E-state index in [4.69, 9.17) is 5.11 Å². The van der Waals surface area contributed by atoms with E-state index in [9.17, 15) is 4.79 Å². The second-order valence-electron chi connectivity index (χ2n) is 4.86. The Hall–Kier alpha value is -1.62. The highest BCUT2D eigenvalue weighted by atomic mass is 16.4. The Bertz CT molecular complexity index is 397. The highest BCUT2D eigenvalue weighted by Crippen LogP contribution is 2.16. The minimum atomic E-state index is -0.940. The molecule has 1 aromatic heterocycles. The van der Waals surface area contributed by atoms with Crippen LogP contribution in [-0.4, -0.2) is 47.6 Å². The fourth-order valence-corrected chi connectivity index (χ4v) is 2.14. The number of pyridine rings is 1. The molecule has 0 unspecified atom stereocenters. The van der Waals surface area contributed by atoms with Crippen LogP contribution in [0.25, 0.3) is 0 Å². The third kappa shape index (κ3) is 3.43. The van der Waals surface area contributed by atoms with Gasteiger partial charge in [0, 0.05) is 12.7 Å². The molecule has 1 fully saturated rings. The number of carboxylic acid groups (broad SMARTS) is 1. The van der Waals surface area contributed by atoms with Crippen LogP contribution in [0.1, 0.15) is 23.2 Å². The van der Waals surface area contributed by atoms with Crippen LogP contribution in [0.15, 0.2) is 18.3 Å². The number of hydrogen-bond donors (Lipinski definition) is 2. The fourth-order valence-electron chi connectivity index (χ4n) is 2.14. The van der Waals surface area contributed by atoms with Crippen LogP contribution < -0.4 is 5.32 Å². The lowest BCUT2D eigenvalue weighted by molar-refractivity contribution is 0.0696. The molecule has 0 atom stereocenters. The number of carboxylic acids is 1. The summed E-state index contributed by atoms with van der Waals surface area (Å²) in [6.07, 6.45) is 3.80. The zero-order valence-electron chi connectivity index (χ0n) is 10.6. The lowest BCUT2D eigenvalue weighted by Gasteiger charge is -2.29. The zero-order valence-corrected chi connectivity index (χ0v) is 10.6. The van der Waals surface area contributed by atoms with Gasteiger partial charge in [-0.2, -0.15) is 0 Å². The molecule has 2 heterocycles. The lowest BCUT2D eigenvalue weighted by atomic mass is 9.97. The Labute approximate surface area is 107 Å². The first kappa shape index (κ1) is 12.8. The van der Waals surface area contributed by atoms with E-state index in [0.717, 1.165) is 25.5 Å². The van der Waals surface area contributed by atoms with Gasteiger partial charge in [-0.1, -0.05) is 0 Å². The van der Waals surface area contributed by atoms with Crippen molar-refractivity contribution in [3.63, 3.8) is 0 Å². The molecule has 1 aromatic rings. The molecule has 2 N–H and O–H groups in total. The van der Waals surface area contributed by atoms with Gasteiger partial charge in [0.1, 0.15) is 5.82 Å². The number of aromatic nitrogens is 1. The minimum Gasteiger partial charge on any atom is -0.478 e. The highest BCUT2D eigenvalue weighted by Gasteiger charge is 2.16. The first-order chi connectivity index (χ1) is 8.65. The fraction of sp³-hybridized carbons (Fsp3) is 0.538. The average molecular weight is 249 g/mol. The number of carbonyl (C=O) groups is 1. The van der Waals surface area contributed by atoms with Crippen molar-refractivity contribution in [2.24, 2.45) is 5.92 Å². The summed E-state index contributed by atoms with van der Waals surface area (Å²) in [7, 11) is 2.15. The van der Waals surface area contributed by atoms with Crippen LogP contribution in [0.5, 0.6) is 0 Å². The number of aromatic carboxylic acids is 1. The normalized spacial score (nSPS) is 17.6. The molecule has 0 bridgehead atoms. The van der Waals surface area contributed by atoms with E-state index in [-0.39, 0.29) is 5.56 Å². The van der Waals surface area contributed by atoms with E-state index < -0.39 is 5.97 Å². The predicted molar refractivity (Wildman–Crippen MR) is 69.9 cm³/mol. The minimum absolute atomic E-state index is 0.222. The first-order valence-corrected chi connectivity index (χ1v) is 6.27. The van der Waals surface area contributed by atoms with Gasteiger partial charge in [-0.3, -0.25) is 0 Å². The lowest BCUT2D eigenvalue weighted by Crippen LogP contribution is -2.33. The Morgan fingerprint density at radius 2 is 2.22 bits per heavy atom. The molecular weight excluding hydrogens is 230 g/mol. The molecular formula is C13H19N3O2. The molecule has 5 heteroatoms. The van der Waals surface area contributed by atoms with Gasteiger partial charge in [-0.25, -0.2) is 9.78 Å². The van der Waals surface area contributed by atoms with Crippen LogP contribution in [-0.2, 0) is 0 Å². The number of likely N-dealkylation sites (tertiary alicyclic amines) is 1. The molecule has 0 spiro atoms. The average Bonchev–Trinajstić information content (AvgIpc) is 2.38. The second kappa shape index (κ2) is 5.82. The van der Waals surface area contributed by atoms with Gasteiger partial charge in [-0.05, 0) is 51.0 Å². The van der Waals surface area contributed by atoms with E-state index in [0.29, 0.717) is 5.92 Å². The van der Waals surface area contributed by atoms with Gasteiger partial charge in [0.25, 0.3) is 0 Å². The monoisotopic (exact) mass is 249 g/mol. The van der Waals surface area contributed by atoms with Gasteiger partial charge in [0.05, 0.1) is 5.56 Å². The third-order valence-electron chi connectivity index (χ3n) is 3.42. The molecule has 1 aliphatic rings. The Balaban J connectivity index is 1.81. The van der Waals surface area contributed by atoms with Crippen LogP contribution >= 0.6 is 0 Å². The van der Waals surface area contributed by atoms with Crippen molar-refractivity contribution in [3.8, 4) is 0 Å². The van der Waals surface area contributed by atoms with Gasteiger partial charge < -0.3 is 15.3 Å². The van der Waals surface area contributed by atoms with E-state index in [1.807, 2.05) is 0 Å². The largest absolute Gasteiger partial charge is 0.478 e. The van der Waals surface area contributed by atoms with Gasteiger partial charge >= 0.3 is 5.97 Å². The molecule has 0 saturated carbocycles. The van der Waals surface area contributed by atoms with Crippen LogP contribution in [0.4, 0.5) is 5.82 Å². The molecule has 1 aliphatic heterocycles. The van der Waals surface area contributed by atoms with E-state index in [1.165, 1.54) is 19.0 Å². The van der Waals surface area contributed by atoms with E-state index >= 15 is 0 Å². The van der Waals surface area contributed by atoms with Crippen molar-refractivity contribution >= 4 is 11.8 Å². The molecule has 5 nitrogen and oxygen atoms in total. The summed E-state index contributed by atoms with van der Waals surface area (Å²) in [5, 5.41) is 12.0. The van der Waals surface area contributed by atoms with Crippen LogP contribution in [0, 0.1) is 5.92 Å². The molecule has 98 valence electrons. The first-order valence-electron chi connectivity index (χ1n) is 6.27. The van der Waals surface area contributed by atoms with Crippen LogP contribution in [0.2, 0.25) is 0 Å². The van der Waals surface area contributed by atoms with Crippen LogP contribution in [0.3, 0.4) is 0 Å². The van der Waals surface area contributed by atoms with Crippen molar-refractivity contribution < 1.29 is 9.90 Å². The zero-order chi connectivity index (χ0) is 13.0. The summed E-state index contributed by atoms with van der Waals surface area (Å²) in [4.78, 5) is 17.1. The Morgan fingerprint density at radius 3 is 2.78 bits per heavy atom. The predicted octanol–water partition coefficient (Wildman–Crippen LogP) is 1.53. The number of hydrogen-bond acceptors (Lipinski definition) is 4. The summed E-state index contributed by atoms with van der Waals surface area (Å²) in [5.74, 6) is 0.491. The standard InChI is InChI=1S/C13H19N3O2/c1-16-6-4-10(5-7-16)8-14-12-3-2-11(9-15-12)13(17)18/h2-3,9-10H,4-8H2,1H3,(H,14,15)(H,17,18). The highest BCUT2D eigenvalue weighted by molar-refractivity contribution is 5.87. The quantitative estimate of drug-likeness (QED) is 0.847. The van der Waals surface area contributed by atoms with E-state index in [1.54, 1.807) is 12.1 Å². The molecule has 0 aliphatic carbocycles. The maximum Gasteiger partial charge on any atom is 0.337 e. The van der Waals surface area contributed by atoms with Crippen molar-refractivity contribution in [1.82, 2.24) is 9.88 Å². The topological polar surface area (TPSA) is 65.5 Å². The third-order valence-corrected chi connectivity index (χ3v) is 3.42. The summed E-state index contributed by atoms with van der Waals surface area (Å²) in [6.45, 7) is 3.21. The van der Waals surface area contributed by atoms with Gasteiger partial charge in [0.2, 0.25) is 0 Å². The maximum atomic E-state index is 10.7. The Kier molecular flexibility index (Phi) is 4.15. The molecule has 0 amide bonds. The maximum absolute atomic E-state index is 10.7. The van der Waals surface area contributed by atoms with Crippen molar-refractivity contribution in [1.29, 1.82) is 0 Å². The molecule has 2 rings (SSSR count). The number of anilines is 1. The number of nitrogens with one attached hydrogen (secondary N) is 1. The molecule has 0 aromatic carbocycles. The number of nitrogens with zero attached hydrogens (tertiary/aromatic N) is 2. The summed E-state index contributed by atoms with van der Waals surface area (Å²) < 4.78 is 0. The second-order valence-corrected chi connectivity index (χ2v) is 4.86. The molecule has 1 saturated heterocycles. The summed E-state index contributed by atoms with van der Waals surface area (Å²) >= 11 is 0. The molecule has 0 radical (unpaired) electrons. The SMILES string of the molecule is CN1CCC(CNc2ccc(C(=O)O)cn2)CC1. The van der Waals surface area contributed by atoms with Gasteiger partial charge in [-0.15, -0.1) is 0 Å². The summed E-state index contributed by atoms with van der Waals surface area (Å²) in [6, 6.07) is 3.30. The molecule has 18 heavy (non-hydrogen) atoms. The van der Waals surface area contributed by atoms with Crippen molar-refractivity contribution in [2.45, 2.75) is 12.8 Å².